The molecule has 1 saturated carbocycles. The Hall–Kier alpha value is -0.490. The number of hydrogen-bond acceptors (Lipinski definition) is 3. The van der Waals surface area contributed by atoms with Gasteiger partial charge in [0.05, 0.1) is 0 Å². The van der Waals surface area contributed by atoms with Crippen LogP contribution in [0.3, 0.4) is 0 Å². The first-order valence-corrected chi connectivity index (χ1v) is 6.69. The Morgan fingerprint density at radius 1 is 1.33 bits per heavy atom. The van der Waals surface area contributed by atoms with Gasteiger partial charge in [0.25, 0.3) is 0 Å². The van der Waals surface area contributed by atoms with Gasteiger partial charge in [0, 0.05) is 0 Å². The molecule has 1 aliphatic carbocycles. The first kappa shape index (κ1) is 9.72. The molecule has 3 rings (SSSR count). The molecular formula is C10H7ClIO3-. The molecule has 1 heterocycles. The number of halogens is 2. The third kappa shape index (κ3) is 1.42. The van der Waals surface area contributed by atoms with Crippen LogP contribution < -0.4 is 28.2 Å². The second-order valence-corrected chi connectivity index (χ2v) is 5.32. The monoisotopic (exact) mass is 337 g/mol. The van der Waals surface area contributed by atoms with E-state index in [1.807, 2.05) is 18.2 Å². The van der Waals surface area contributed by atoms with Crippen molar-refractivity contribution in [3.05, 3.63) is 23.8 Å². The van der Waals surface area contributed by atoms with Crippen LogP contribution >= 0.6 is 11.6 Å². The van der Waals surface area contributed by atoms with E-state index in [0.717, 1.165) is 29.9 Å². The van der Waals surface area contributed by atoms with E-state index in [0.29, 0.717) is 0 Å². The van der Waals surface area contributed by atoms with Gasteiger partial charge in [-0.05, 0) is 0 Å². The van der Waals surface area contributed by atoms with Crippen molar-refractivity contribution >= 4 is 16.8 Å². The summed E-state index contributed by atoms with van der Waals surface area (Å²) in [5, 5.41) is -0.268. The summed E-state index contributed by atoms with van der Waals surface area (Å²) < 4.78 is 10.7. The van der Waals surface area contributed by atoms with Gasteiger partial charge in [-0.3, -0.25) is 0 Å². The number of rotatable bonds is 2. The van der Waals surface area contributed by atoms with Crippen LogP contribution in [0.1, 0.15) is 18.4 Å². The minimum atomic E-state index is -0.650. The Morgan fingerprint density at radius 2 is 2.07 bits per heavy atom. The molecule has 1 aliphatic heterocycles. The van der Waals surface area contributed by atoms with Gasteiger partial charge in [-0.25, -0.2) is 0 Å². The van der Waals surface area contributed by atoms with Crippen molar-refractivity contribution in [2.45, 2.75) is 18.3 Å². The molecule has 3 nitrogen and oxygen atoms in total. The van der Waals surface area contributed by atoms with Gasteiger partial charge >= 0.3 is 103 Å². The third-order valence-corrected chi connectivity index (χ3v) is 4.52. The Kier molecular flexibility index (Phi) is 2.10. The van der Waals surface area contributed by atoms with Crippen LogP contribution in [0.4, 0.5) is 0 Å². The predicted octanol–water partition coefficient (Wildman–Crippen LogP) is -0.826. The molecule has 15 heavy (non-hydrogen) atoms. The molecule has 0 aromatic heterocycles. The number of benzene rings is 1. The zero-order valence-electron chi connectivity index (χ0n) is 7.63. The van der Waals surface area contributed by atoms with Crippen molar-refractivity contribution in [3.63, 3.8) is 0 Å². The fourth-order valence-electron chi connectivity index (χ4n) is 1.74. The van der Waals surface area contributed by atoms with E-state index in [-0.39, 0.29) is 5.24 Å². The molecule has 1 aromatic rings. The van der Waals surface area contributed by atoms with Gasteiger partial charge in [0.2, 0.25) is 0 Å². The van der Waals surface area contributed by atoms with Crippen LogP contribution in [0.5, 0.6) is 11.5 Å². The second kappa shape index (κ2) is 3.25. The first-order chi connectivity index (χ1) is 7.22. The van der Waals surface area contributed by atoms with Crippen molar-refractivity contribution in [3.8, 4) is 11.5 Å². The molecular weight excluding hydrogens is 330 g/mol. The van der Waals surface area contributed by atoms with Crippen molar-refractivity contribution in [1.82, 2.24) is 0 Å². The number of fused-ring (bicyclic) bond motifs is 1. The minimum absolute atomic E-state index is 0.268. The standard InChI is InChI=1S/C10H7ClIO3/c11-9(13)10(3-4-10)6-1-2-7-8(5-6)15-12-14-7/h1-2,5H,3-4H2/q-1. The number of carbonyl (C=O) groups excluding carboxylic acids is 1. The number of carbonyl (C=O) groups is 1. The Balaban J connectivity index is 2.03. The van der Waals surface area contributed by atoms with E-state index in [1.54, 1.807) is 0 Å². The molecule has 0 amide bonds. The van der Waals surface area contributed by atoms with Crippen LogP contribution in [-0.2, 0) is 10.2 Å². The molecule has 0 N–H and O–H groups in total. The Labute approximate surface area is 103 Å². The molecule has 0 atom stereocenters. The van der Waals surface area contributed by atoms with Crippen LogP contribution in [0.25, 0.3) is 0 Å². The summed E-state index contributed by atoms with van der Waals surface area (Å²) in [4.78, 5) is 11.3. The maximum absolute atomic E-state index is 11.3. The predicted molar refractivity (Wildman–Crippen MR) is 49.5 cm³/mol. The average Bonchev–Trinajstić information content (AvgIpc) is 2.91. The molecule has 80 valence electrons. The van der Waals surface area contributed by atoms with E-state index in [2.05, 4.69) is 0 Å². The van der Waals surface area contributed by atoms with E-state index >= 15 is 0 Å². The normalized spacial score (nSPS) is 20.6. The summed E-state index contributed by atoms with van der Waals surface area (Å²) in [7, 11) is 0. The molecule has 1 fully saturated rings. The van der Waals surface area contributed by atoms with Gasteiger partial charge in [-0.1, -0.05) is 0 Å². The summed E-state index contributed by atoms with van der Waals surface area (Å²) >= 11 is 4.96. The summed E-state index contributed by atoms with van der Waals surface area (Å²) in [6, 6.07) is 5.65. The van der Waals surface area contributed by atoms with Gasteiger partial charge < -0.3 is 0 Å². The molecule has 0 spiro atoms. The summed E-state index contributed by atoms with van der Waals surface area (Å²) in [6.45, 7) is 0. The van der Waals surface area contributed by atoms with Crippen molar-refractivity contribution in [2.75, 3.05) is 0 Å². The maximum atomic E-state index is 11.3. The number of hydrogen-bond donors (Lipinski definition) is 0. The quantitative estimate of drug-likeness (QED) is 0.522. The summed E-state index contributed by atoms with van der Waals surface area (Å²) in [6.07, 6.45) is 1.67. The molecule has 2 aliphatic rings. The average molecular weight is 338 g/mol. The van der Waals surface area contributed by atoms with Crippen molar-refractivity contribution in [2.24, 2.45) is 0 Å². The summed E-state index contributed by atoms with van der Waals surface area (Å²) in [5.41, 5.74) is 0.511. The molecule has 0 unspecified atom stereocenters. The molecule has 0 saturated heterocycles. The SMILES string of the molecule is O=C(Cl)C1(c2ccc3c(c2)O[I-]O3)CC1. The van der Waals surface area contributed by atoms with Crippen LogP contribution in [-0.4, -0.2) is 5.24 Å². The Bertz CT molecular complexity index is 442. The van der Waals surface area contributed by atoms with Crippen molar-refractivity contribution < 1.29 is 33.0 Å². The Morgan fingerprint density at radius 3 is 2.73 bits per heavy atom. The third-order valence-electron chi connectivity index (χ3n) is 2.85. The van der Waals surface area contributed by atoms with E-state index in [9.17, 15) is 4.79 Å². The fourth-order valence-corrected chi connectivity index (χ4v) is 3.22. The van der Waals surface area contributed by atoms with Gasteiger partial charge in [0.1, 0.15) is 0 Å². The van der Waals surface area contributed by atoms with E-state index < -0.39 is 27.4 Å². The first-order valence-electron chi connectivity index (χ1n) is 4.56. The fraction of sp³-hybridized carbons (Fsp3) is 0.300. The van der Waals surface area contributed by atoms with Crippen LogP contribution in [0.15, 0.2) is 18.2 Å². The van der Waals surface area contributed by atoms with Gasteiger partial charge in [-0.15, -0.1) is 0 Å². The van der Waals surface area contributed by atoms with Gasteiger partial charge in [-0.2, -0.15) is 0 Å². The second-order valence-electron chi connectivity index (χ2n) is 3.73. The van der Waals surface area contributed by atoms with Crippen LogP contribution in [0.2, 0.25) is 0 Å². The topological polar surface area (TPSA) is 35.5 Å². The molecule has 0 bridgehead atoms. The van der Waals surface area contributed by atoms with Crippen LogP contribution in [0, 0.1) is 0 Å². The molecule has 5 heteroatoms. The molecule has 1 aromatic carbocycles. The zero-order valence-corrected chi connectivity index (χ0v) is 10.5. The zero-order chi connectivity index (χ0) is 10.5. The summed E-state index contributed by atoms with van der Waals surface area (Å²) in [5.74, 6) is 1.54. The van der Waals surface area contributed by atoms with Crippen molar-refractivity contribution in [1.29, 1.82) is 0 Å². The molecule has 0 radical (unpaired) electrons. The van der Waals surface area contributed by atoms with Gasteiger partial charge in [0.15, 0.2) is 0 Å². The van der Waals surface area contributed by atoms with E-state index in [4.69, 9.17) is 17.7 Å². The van der Waals surface area contributed by atoms with E-state index in [1.165, 1.54) is 0 Å².